The molecule has 18 heavy (non-hydrogen) atoms. The van der Waals surface area contributed by atoms with Gasteiger partial charge in [-0.05, 0) is 48.5 Å². The van der Waals surface area contributed by atoms with Crippen LogP contribution in [0.4, 0.5) is 8.78 Å². The van der Waals surface area contributed by atoms with Crippen molar-refractivity contribution >= 4 is 15.9 Å². The van der Waals surface area contributed by atoms with Gasteiger partial charge in [-0.2, -0.15) is 0 Å². The van der Waals surface area contributed by atoms with Crippen LogP contribution in [0.5, 0.6) is 0 Å². The Morgan fingerprint density at radius 1 is 1.44 bits per heavy atom. The molecule has 1 saturated heterocycles. The lowest BCUT2D eigenvalue weighted by atomic mass is 9.90. The molecule has 0 aromatic heterocycles. The Hall–Kier alpha value is -0.520. The van der Waals surface area contributed by atoms with Gasteiger partial charge < -0.3 is 10.1 Å². The molecule has 3 unspecified atom stereocenters. The largest absolute Gasteiger partial charge is 0.378 e. The van der Waals surface area contributed by atoms with Crippen molar-refractivity contribution in [2.24, 2.45) is 5.92 Å². The van der Waals surface area contributed by atoms with Gasteiger partial charge in [0, 0.05) is 17.5 Å². The second-order valence-corrected chi connectivity index (χ2v) is 5.52. The zero-order valence-electron chi connectivity index (χ0n) is 10.3. The number of hydrogen-bond acceptors (Lipinski definition) is 2. The smallest absolute Gasteiger partial charge is 0.145 e. The highest BCUT2D eigenvalue weighted by molar-refractivity contribution is 9.10. The first-order chi connectivity index (χ1) is 8.54. The van der Waals surface area contributed by atoms with E-state index in [1.54, 1.807) is 7.05 Å². The number of benzene rings is 1. The minimum atomic E-state index is -0.533. The van der Waals surface area contributed by atoms with E-state index in [9.17, 15) is 8.78 Å². The highest BCUT2D eigenvalue weighted by atomic mass is 79.9. The molecule has 0 amide bonds. The summed E-state index contributed by atoms with van der Waals surface area (Å²) in [5.41, 5.74) is 0.0922. The highest BCUT2D eigenvalue weighted by Gasteiger charge is 2.33. The Labute approximate surface area is 114 Å². The number of halogens is 3. The fourth-order valence-electron chi connectivity index (χ4n) is 2.53. The molecule has 0 spiro atoms. The van der Waals surface area contributed by atoms with Crippen LogP contribution in [-0.4, -0.2) is 19.8 Å². The molecule has 0 saturated carbocycles. The van der Waals surface area contributed by atoms with Gasteiger partial charge in [-0.15, -0.1) is 0 Å². The monoisotopic (exact) mass is 319 g/mol. The number of ether oxygens (including phenoxy) is 1. The van der Waals surface area contributed by atoms with E-state index in [0.29, 0.717) is 6.61 Å². The molecule has 1 aliphatic heterocycles. The Balaban J connectivity index is 2.36. The molecule has 1 heterocycles. The van der Waals surface area contributed by atoms with E-state index in [-0.39, 0.29) is 28.1 Å². The summed E-state index contributed by atoms with van der Waals surface area (Å²) in [5.74, 6) is -0.966. The van der Waals surface area contributed by atoms with E-state index >= 15 is 0 Å². The minimum absolute atomic E-state index is 0.0864. The quantitative estimate of drug-likeness (QED) is 0.862. The fraction of sp³-hybridized carbons (Fsp3) is 0.538. The molecule has 5 heteroatoms. The van der Waals surface area contributed by atoms with Crippen LogP contribution in [0.1, 0.15) is 24.9 Å². The molecular formula is C13H16BrF2NO. The van der Waals surface area contributed by atoms with Gasteiger partial charge in [-0.25, -0.2) is 8.78 Å². The summed E-state index contributed by atoms with van der Waals surface area (Å²) in [6, 6.07) is 2.30. The van der Waals surface area contributed by atoms with Gasteiger partial charge in [0.05, 0.1) is 17.2 Å². The second kappa shape index (κ2) is 5.63. The highest BCUT2D eigenvalue weighted by Crippen LogP contribution is 2.35. The third kappa shape index (κ3) is 2.58. The van der Waals surface area contributed by atoms with Gasteiger partial charge in [0.2, 0.25) is 0 Å². The molecule has 100 valence electrons. The summed E-state index contributed by atoms with van der Waals surface area (Å²) in [6.07, 6.45) is 0.945. The molecule has 1 aliphatic rings. The maximum Gasteiger partial charge on any atom is 0.145 e. The summed E-state index contributed by atoms with van der Waals surface area (Å²) in [6.45, 7) is 2.50. The predicted octanol–water partition coefficient (Wildman–Crippen LogP) is 3.41. The zero-order valence-corrected chi connectivity index (χ0v) is 11.9. The molecule has 1 fully saturated rings. The first kappa shape index (κ1) is 13.9. The van der Waals surface area contributed by atoms with E-state index in [2.05, 4.69) is 21.2 Å². The molecule has 0 aliphatic carbocycles. The van der Waals surface area contributed by atoms with Crippen molar-refractivity contribution in [3.8, 4) is 0 Å². The van der Waals surface area contributed by atoms with Gasteiger partial charge in [0.15, 0.2) is 0 Å². The summed E-state index contributed by atoms with van der Waals surface area (Å²) in [5, 5.41) is 3.01. The van der Waals surface area contributed by atoms with E-state index in [1.165, 1.54) is 12.1 Å². The molecule has 1 N–H and O–H groups in total. The van der Waals surface area contributed by atoms with Crippen LogP contribution in [-0.2, 0) is 4.74 Å². The third-order valence-electron chi connectivity index (χ3n) is 3.40. The fourth-order valence-corrected chi connectivity index (χ4v) is 2.87. The van der Waals surface area contributed by atoms with Gasteiger partial charge in [0.1, 0.15) is 11.6 Å². The first-order valence-corrected chi connectivity index (χ1v) is 6.76. The van der Waals surface area contributed by atoms with Gasteiger partial charge in [0.25, 0.3) is 0 Å². The average Bonchev–Trinajstić information content (AvgIpc) is 2.76. The third-order valence-corrected chi connectivity index (χ3v) is 4.01. The van der Waals surface area contributed by atoms with Crippen molar-refractivity contribution in [2.45, 2.75) is 25.5 Å². The van der Waals surface area contributed by atoms with Crippen LogP contribution in [0, 0.1) is 17.6 Å². The van der Waals surface area contributed by atoms with Crippen LogP contribution < -0.4 is 5.32 Å². The standard InChI is InChI=1S/C13H16BrF2NO/c1-7-5-8(6-18-7)13(17-2)11-10(15)4-3-9(14)12(11)16/h3-4,7-8,13,17H,5-6H2,1-2H3. The Morgan fingerprint density at radius 3 is 2.72 bits per heavy atom. The molecule has 0 radical (unpaired) electrons. The number of nitrogens with one attached hydrogen (secondary N) is 1. The lowest BCUT2D eigenvalue weighted by Gasteiger charge is -2.23. The van der Waals surface area contributed by atoms with Crippen LogP contribution >= 0.6 is 15.9 Å². The Kier molecular flexibility index (Phi) is 4.35. The van der Waals surface area contributed by atoms with Crippen LogP contribution in [0.2, 0.25) is 0 Å². The van der Waals surface area contributed by atoms with Crippen molar-refractivity contribution in [2.75, 3.05) is 13.7 Å². The zero-order chi connectivity index (χ0) is 13.3. The van der Waals surface area contributed by atoms with Gasteiger partial charge in [-0.1, -0.05) is 0 Å². The average molecular weight is 320 g/mol. The molecular weight excluding hydrogens is 304 g/mol. The first-order valence-electron chi connectivity index (χ1n) is 5.96. The van der Waals surface area contributed by atoms with Crippen LogP contribution in [0.25, 0.3) is 0 Å². The molecule has 1 aromatic carbocycles. The maximum atomic E-state index is 14.1. The Bertz CT molecular complexity index is 441. The second-order valence-electron chi connectivity index (χ2n) is 4.66. The minimum Gasteiger partial charge on any atom is -0.378 e. The van der Waals surface area contributed by atoms with E-state index in [0.717, 1.165) is 6.42 Å². The maximum absolute atomic E-state index is 14.1. The molecule has 3 atom stereocenters. The lowest BCUT2D eigenvalue weighted by Crippen LogP contribution is -2.27. The lowest BCUT2D eigenvalue weighted by molar-refractivity contribution is 0.117. The van der Waals surface area contributed by atoms with E-state index < -0.39 is 11.6 Å². The molecule has 2 rings (SSSR count). The summed E-state index contributed by atoms with van der Waals surface area (Å²) in [7, 11) is 1.72. The van der Waals surface area contributed by atoms with Crippen LogP contribution in [0.3, 0.4) is 0 Å². The van der Waals surface area contributed by atoms with Crippen molar-refractivity contribution < 1.29 is 13.5 Å². The molecule has 1 aromatic rings. The summed E-state index contributed by atoms with van der Waals surface area (Å²) < 4.78 is 33.7. The van der Waals surface area contributed by atoms with E-state index in [4.69, 9.17) is 4.74 Å². The summed E-state index contributed by atoms with van der Waals surface area (Å²) >= 11 is 3.10. The molecule has 0 bridgehead atoms. The van der Waals surface area contributed by atoms with Crippen molar-refractivity contribution in [1.29, 1.82) is 0 Å². The number of hydrogen-bond donors (Lipinski definition) is 1. The number of rotatable bonds is 3. The summed E-state index contributed by atoms with van der Waals surface area (Å²) in [4.78, 5) is 0. The SMILES string of the molecule is CNC(c1c(F)ccc(Br)c1F)C1COC(C)C1. The normalized spacial score (nSPS) is 25.4. The van der Waals surface area contributed by atoms with Crippen molar-refractivity contribution in [1.82, 2.24) is 5.32 Å². The van der Waals surface area contributed by atoms with Gasteiger partial charge in [-0.3, -0.25) is 0 Å². The Morgan fingerprint density at radius 2 is 2.17 bits per heavy atom. The topological polar surface area (TPSA) is 21.3 Å². The van der Waals surface area contributed by atoms with Crippen LogP contribution in [0.15, 0.2) is 16.6 Å². The van der Waals surface area contributed by atoms with Crippen molar-refractivity contribution in [3.63, 3.8) is 0 Å². The molecule has 2 nitrogen and oxygen atoms in total. The van der Waals surface area contributed by atoms with E-state index in [1.807, 2.05) is 6.92 Å². The van der Waals surface area contributed by atoms with Gasteiger partial charge >= 0.3 is 0 Å². The van der Waals surface area contributed by atoms with Crippen molar-refractivity contribution in [3.05, 3.63) is 33.8 Å². The predicted molar refractivity (Wildman–Crippen MR) is 69.4 cm³/mol.